The smallest absolute Gasteiger partial charge is 0.327 e. The lowest BCUT2D eigenvalue weighted by atomic mass is 10.3. The zero-order valence-electron chi connectivity index (χ0n) is 7.82. The van der Waals surface area contributed by atoms with E-state index in [1.165, 1.54) is 23.2 Å². The number of carbonyl (C=O) groups is 2. The van der Waals surface area contributed by atoms with E-state index in [-0.39, 0.29) is 17.9 Å². The molecule has 1 aromatic rings. The highest BCUT2D eigenvalue weighted by molar-refractivity contribution is 6.05. The Bertz CT molecular complexity index is 445. The van der Waals surface area contributed by atoms with Crippen LogP contribution in [0, 0.1) is 0 Å². The summed E-state index contributed by atoms with van der Waals surface area (Å²) >= 11 is 0. The number of nitrogens with one attached hydrogen (secondary N) is 2. The van der Waals surface area contributed by atoms with E-state index in [4.69, 9.17) is 0 Å². The predicted octanol–water partition coefficient (Wildman–Crippen LogP) is -0.179. The maximum Gasteiger partial charge on any atom is 0.328 e. The summed E-state index contributed by atoms with van der Waals surface area (Å²) in [6, 6.07) is 2.41. The average Bonchev–Trinajstić information content (AvgIpc) is 2.20. The van der Waals surface area contributed by atoms with Crippen LogP contribution in [0.4, 0.5) is 10.5 Å². The number of hydrogen-bond acceptors (Lipinski definition) is 3. The van der Waals surface area contributed by atoms with Crippen LogP contribution in [0.1, 0.15) is 6.42 Å². The number of pyridine rings is 1. The van der Waals surface area contributed by atoms with Gasteiger partial charge >= 0.3 is 6.03 Å². The minimum absolute atomic E-state index is 0.229. The maximum atomic E-state index is 11.4. The SMILES string of the molecule is O=C1CCN(c2ccc(=O)[nH]c2)C(=O)N1. The molecule has 1 fully saturated rings. The van der Waals surface area contributed by atoms with Crippen molar-refractivity contribution in [2.24, 2.45) is 0 Å². The van der Waals surface area contributed by atoms with Crippen molar-refractivity contribution in [3.63, 3.8) is 0 Å². The maximum absolute atomic E-state index is 11.4. The van der Waals surface area contributed by atoms with Crippen molar-refractivity contribution in [1.82, 2.24) is 10.3 Å². The van der Waals surface area contributed by atoms with Gasteiger partial charge in [-0.1, -0.05) is 0 Å². The van der Waals surface area contributed by atoms with Gasteiger partial charge in [-0.3, -0.25) is 19.8 Å². The minimum Gasteiger partial charge on any atom is -0.327 e. The summed E-state index contributed by atoms with van der Waals surface area (Å²) in [5, 5.41) is 2.20. The number of anilines is 1. The number of H-pyrrole nitrogens is 1. The number of nitrogens with zero attached hydrogens (tertiary/aromatic N) is 1. The number of urea groups is 1. The molecule has 1 aliphatic heterocycles. The Morgan fingerprint density at radius 1 is 1.20 bits per heavy atom. The molecule has 2 rings (SSSR count). The largest absolute Gasteiger partial charge is 0.328 e. The Morgan fingerprint density at radius 3 is 2.60 bits per heavy atom. The van der Waals surface area contributed by atoms with E-state index in [1.54, 1.807) is 0 Å². The summed E-state index contributed by atoms with van der Waals surface area (Å²) in [4.78, 5) is 37.0. The summed E-state index contributed by atoms with van der Waals surface area (Å²) in [6.07, 6.45) is 1.71. The number of amides is 3. The van der Waals surface area contributed by atoms with Gasteiger partial charge in [0.1, 0.15) is 0 Å². The van der Waals surface area contributed by atoms with E-state index in [9.17, 15) is 14.4 Å². The molecule has 78 valence electrons. The van der Waals surface area contributed by atoms with Gasteiger partial charge < -0.3 is 4.98 Å². The molecule has 15 heavy (non-hydrogen) atoms. The van der Waals surface area contributed by atoms with Crippen LogP contribution in [0.25, 0.3) is 0 Å². The average molecular weight is 207 g/mol. The van der Waals surface area contributed by atoms with Crippen LogP contribution in [0.15, 0.2) is 23.1 Å². The molecule has 0 aliphatic carbocycles. The second-order valence-electron chi connectivity index (χ2n) is 3.17. The normalized spacial score (nSPS) is 16.4. The molecule has 1 aromatic heterocycles. The Balaban J connectivity index is 2.24. The Labute approximate surface area is 84.9 Å². The number of aromatic nitrogens is 1. The zero-order valence-corrected chi connectivity index (χ0v) is 7.82. The predicted molar refractivity (Wildman–Crippen MR) is 52.6 cm³/mol. The van der Waals surface area contributed by atoms with Gasteiger partial charge in [-0.05, 0) is 6.07 Å². The first-order valence-corrected chi connectivity index (χ1v) is 4.47. The second kappa shape index (κ2) is 3.56. The van der Waals surface area contributed by atoms with Gasteiger partial charge in [-0.25, -0.2) is 4.79 Å². The van der Waals surface area contributed by atoms with Gasteiger partial charge in [0.2, 0.25) is 11.5 Å². The Hall–Kier alpha value is -2.11. The van der Waals surface area contributed by atoms with Crippen molar-refractivity contribution in [2.45, 2.75) is 6.42 Å². The topological polar surface area (TPSA) is 82.3 Å². The van der Waals surface area contributed by atoms with Crippen LogP contribution in [0.2, 0.25) is 0 Å². The lowest BCUT2D eigenvalue weighted by molar-refractivity contribution is -0.120. The van der Waals surface area contributed by atoms with Crippen molar-refractivity contribution in [3.05, 3.63) is 28.7 Å². The van der Waals surface area contributed by atoms with Crippen molar-refractivity contribution in [3.8, 4) is 0 Å². The molecule has 0 atom stereocenters. The number of imide groups is 1. The van der Waals surface area contributed by atoms with Crippen molar-refractivity contribution >= 4 is 17.6 Å². The molecule has 1 saturated heterocycles. The first-order chi connectivity index (χ1) is 7.16. The first kappa shape index (κ1) is 9.45. The monoisotopic (exact) mass is 207 g/mol. The summed E-state index contributed by atoms with van der Waals surface area (Å²) in [6.45, 7) is 0.330. The lowest BCUT2D eigenvalue weighted by Crippen LogP contribution is -2.49. The molecular weight excluding hydrogens is 198 g/mol. The van der Waals surface area contributed by atoms with Crippen LogP contribution >= 0.6 is 0 Å². The molecule has 0 spiro atoms. The fraction of sp³-hybridized carbons (Fsp3) is 0.222. The fourth-order valence-electron chi connectivity index (χ4n) is 1.38. The number of rotatable bonds is 1. The van der Waals surface area contributed by atoms with E-state index < -0.39 is 6.03 Å². The molecule has 1 aliphatic rings. The van der Waals surface area contributed by atoms with Gasteiger partial charge in [0.25, 0.3) is 0 Å². The molecular formula is C9H9N3O3. The molecule has 0 saturated carbocycles. The van der Waals surface area contributed by atoms with Crippen LogP contribution in [0.5, 0.6) is 0 Å². The first-order valence-electron chi connectivity index (χ1n) is 4.47. The fourth-order valence-corrected chi connectivity index (χ4v) is 1.38. The molecule has 0 unspecified atom stereocenters. The van der Waals surface area contributed by atoms with Gasteiger partial charge in [-0.15, -0.1) is 0 Å². The lowest BCUT2D eigenvalue weighted by Gasteiger charge is -2.26. The van der Waals surface area contributed by atoms with Crippen molar-refractivity contribution in [2.75, 3.05) is 11.4 Å². The molecule has 6 nitrogen and oxygen atoms in total. The highest BCUT2D eigenvalue weighted by Gasteiger charge is 2.23. The van der Waals surface area contributed by atoms with Crippen LogP contribution in [-0.2, 0) is 4.79 Å². The van der Waals surface area contributed by atoms with Gasteiger partial charge in [0, 0.05) is 25.2 Å². The molecule has 3 amide bonds. The number of aromatic amines is 1. The minimum atomic E-state index is -0.460. The standard InChI is InChI=1S/C9H9N3O3/c13-7-2-1-6(5-10-7)12-4-3-8(14)11-9(12)15/h1-2,5H,3-4H2,(H,10,13)(H,11,14,15). The molecule has 0 bridgehead atoms. The Kier molecular flexibility index (Phi) is 2.24. The third-order valence-corrected chi connectivity index (χ3v) is 2.13. The van der Waals surface area contributed by atoms with Crippen LogP contribution in [-0.4, -0.2) is 23.5 Å². The third-order valence-electron chi connectivity index (χ3n) is 2.13. The van der Waals surface area contributed by atoms with E-state index in [1.807, 2.05) is 0 Å². The van der Waals surface area contributed by atoms with Gasteiger partial charge in [0.05, 0.1) is 5.69 Å². The van der Waals surface area contributed by atoms with E-state index in [0.717, 1.165) is 0 Å². The molecule has 0 aromatic carbocycles. The third kappa shape index (κ3) is 1.88. The quantitative estimate of drug-likeness (QED) is 0.670. The number of hydrogen-bond donors (Lipinski definition) is 2. The van der Waals surface area contributed by atoms with E-state index in [2.05, 4.69) is 10.3 Å². The van der Waals surface area contributed by atoms with Gasteiger partial charge in [-0.2, -0.15) is 0 Å². The van der Waals surface area contributed by atoms with Crippen molar-refractivity contribution in [1.29, 1.82) is 0 Å². The summed E-state index contributed by atoms with van der Waals surface area (Å²) in [5.74, 6) is -0.277. The second-order valence-corrected chi connectivity index (χ2v) is 3.17. The molecule has 6 heteroatoms. The summed E-state index contributed by atoms with van der Waals surface area (Å²) in [7, 11) is 0. The highest BCUT2D eigenvalue weighted by atomic mass is 16.2. The summed E-state index contributed by atoms with van der Waals surface area (Å²) in [5.41, 5.74) is 0.340. The molecule has 0 radical (unpaired) electrons. The van der Waals surface area contributed by atoms with Crippen molar-refractivity contribution < 1.29 is 9.59 Å². The van der Waals surface area contributed by atoms with Crippen LogP contribution < -0.4 is 15.8 Å². The van der Waals surface area contributed by atoms with E-state index >= 15 is 0 Å². The van der Waals surface area contributed by atoms with Crippen LogP contribution in [0.3, 0.4) is 0 Å². The summed E-state index contributed by atoms with van der Waals surface area (Å²) < 4.78 is 0. The molecule has 2 heterocycles. The number of carbonyl (C=O) groups excluding carboxylic acids is 2. The van der Waals surface area contributed by atoms with Gasteiger partial charge in [0.15, 0.2) is 0 Å². The Morgan fingerprint density at radius 2 is 2.00 bits per heavy atom. The van der Waals surface area contributed by atoms with E-state index in [0.29, 0.717) is 12.2 Å². The highest BCUT2D eigenvalue weighted by Crippen LogP contribution is 2.13. The molecule has 2 N–H and O–H groups in total. The zero-order chi connectivity index (χ0) is 10.8.